The molecule has 2 aliphatic rings. The Balaban J connectivity index is 2.26. The third-order valence-electron chi connectivity index (χ3n) is 5.43. The van der Waals surface area contributed by atoms with E-state index in [4.69, 9.17) is 0 Å². The quantitative estimate of drug-likeness (QED) is 0.726. The maximum absolute atomic E-state index is 14.0. The van der Waals surface area contributed by atoms with Gasteiger partial charge in [-0.15, -0.1) is 0 Å². The van der Waals surface area contributed by atoms with E-state index < -0.39 is 0 Å². The minimum absolute atomic E-state index is 0.0297. The van der Waals surface area contributed by atoms with Gasteiger partial charge in [0, 0.05) is 11.5 Å². The van der Waals surface area contributed by atoms with Crippen LogP contribution in [0.4, 0.5) is 4.39 Å². The Morgan fingerprint density at radius 1 is 1.29 bits per heavy atom. The zero-order valence-electron chi connectivity index (χ0n) is 10.8. The van der Waals surface area contributed by atoms with Crippen molar-refractivity contribution in [1.29, 1.82) is 0 Å². The van der Waals surface area contributed by atoms with Gasteiger partial charge >= 0.3 is 0 Å². The first-order valence-corrected chi connectivity index (χ1v) is 6.48. The Morgan fingerprint density at radius 3 is 2.82 bits per heavy atom. The van der Waals surface area contributed by atoms with Crippen LogP contribution in [-0.4, -0.2) is 12.6 Å². The number of hydrogen-bond donors (Lipinski definition) is 1. The van der Waals surface area contributed by atoms with E-state index in [-0.39, 0.29) is 16.6 Å². The molecule has 17 heavy (non-hydrogen) atoms. The van der Waals surface area contributed by atoms with Gasteiger partial charge in [-0.3, -0.25) is 0 Å². The van der Waals surface area contributed by atoms with Crippen LogP contribution in [0, 0.1) is 11.2 Å². The molecule has 1 saturated heterocycles. The van der Waals surface area contributed by atoms with Crippen molar-refractivity contribution in [2.75, 3.05) is 6.54 Å². The average molecular weight is 233 g/mol. The number of fused-ring (bicyclic) bond motifs is 4. The number of rotatable bonds is 0. The molecule has 0 radical (unpaired) electrons. The molecule has 2 heteroatoms. The summed E-state index contributed by atoms with van der Waals surface area (Å²) < 4.78 is 14.0. The van der Waals surface area contributed by atoms with Gasteiger partial charge in [0.05, 0.1) is 0 Å². The molecule has 1 fully saturated rings. The lowest BCUT2D eigenvalue weighted by atomic mass is 9.51. The molecule has 1 N–H and O–H groups in total. The Bertz CT molecular complexity index is 466. The number of benzene rings is 1. The molecule has 2 atom stereocenters. The van der Waals surface area contributed by atoms with Crippen LogP contribution in [0.5, 0.6) is 0 Å². The molecule has 0 aromatic heterocycles. The van der Waals surface area contributed by atoms with E-state index >= 15 is 0 Å². The van der Waals surface area contributed by atoms with E-state index in [1.165, 1.54) is 5.56 Å². The molecule has 1 nitrogen and oxygen atoms in total. The summed E-state index contributed by atoms with van der Waals surface area (Å²) in [6, 6.07) is 5.97. The van der Waals surface area contributed by atoms with Crippen LogP contribution in [0.1, 0.15) is 38.3 Å². The van der Waals surface area contributed by atoms with E-state index in [0.29, 0.717) is 6.04 Å². The Hall–Kier alpha value is -0.890. The first-order valence-electron chi connectivity index (χ1n) is 6.48. The van der Waals surface area contributed by atoms with Gasteiger partial charge in [-0.25, -0.2) is 4.39 Å². The van der Waals surface area contributed by atoms with Gasteiger partial charge < -0.3 is 5.32 Å². The minimum Gasteiger partial charge on any atom is -0.313 e. The molecule has 1 aromatic carbocycles. The highest BCUT2D eigenvalue weighted by Crippen LogP contribution is 2.53. The monoisotopic (exact) mass is 233 g/mol. The fraction of sp³-hybridized carbons (Fsp3) is 0.600. The number of nitrogens with one attached hydrogen (secondary N) is 1. The fourth-order valence-electron chi connectivity index (χ4n) is 3.75. The van der Waals surface area contributed by atoms with E-state index in [0.717, 1.165) is 24.9 Å². The van der Waals surface area contributed by atoms with Gasteiger partial charge in [0.2, 0.25) is 0 Å². The van der Waals surface area contributed by atoms with Gasteiger partial charge in [-0.2, -0.15) is 0 Å². The largest absolute Gasteiger partial charge is 0.313 e. The highest BCUT2D eigenvalue weighted by Gasteiger charge is 2.53. The predicted molar refractivity (Wildman–Crippen MR) is 67.6 cm³/mol. The Kier molecular flexibility index (Phi) is 2.19. The van der Waals surface area contributed by atoms with Crippen molar-refractivity contribution < 1.29 is 4.39 Å². The zero-order chi connectivity index (χ0) is 12.3. The smallest absolute Gasteiger partial charge is 0.126 e. The number of hydrogen-bond acceptors (Lipinski definition) is 1. The van der Waals surface area contributed by atoms with E-state index in [1.807, 2.05) is 6.07 Å². The summed E-state index contributed by atoms with van der Waals surface area (Å²) in [6.07, 6.45) is 1.91. The van der Waals surface area contributed by atoms with Gasteiger partial charge in [-0.1, -0.05) is 32.9 Å². The molecular formula is C15H20FN. The zero-order valence-corrected chi connectivity index (χ0v) is 10.8. The van der Waals surface area contributed by atoms with Crippen molar-refractivity contribution in [3.8, 4) is 0 Å². The second kappa shape index (κ2) is 3.32. The lowest BCUT2D eigenvalue weighted by Crippen LogP contribution is -2.62. The SMILES string of the molecule is CC12CCN[C@H](Cc3c(F)cccc31)C2(C)C. The first-order chi connectivity index (χ1) is 7.97. The summed E-state index contributed by atoms with van der Waals surface area (Å²) in [7, 11) is 0. The normalized spacial score (nSPS) is 34.2. The van der Waals surface area contributed by atoms with Crippen LogP contribution < -0.4 is 5.32 Å². The summed E-state index contributed by atoms with van der Waals surface area (Å²) in [5, 5.41) is 3.57. The van der Waals surface area contributed by atoms with E-state index in [2.05, 4.69) is 32.2 Å². The van der Waals surface area contributed by atoms with Gasteiger partial charge in [0.25, 0.3) is 0 Å². The molecule has 1 heterocycles. The highest BCUT2D eigenvalue weighted by atomic mass is 19.1. The van der Waals surface area contributed by atoms with E-state index in [9.17, 15) is 4.39 Å². The van der Waals surface area contributed by atoms with Crippen LogP contribution in [0.2, 0.25) is 0 Å². The van der Waals surface area contributed by atoms with Crippen molar-refractivity contribution >= 4 is 0 Å². The van der Waals surface area contributed by atoms with Crippen molar-refractivity contribution in [2.45, 2.75) is 45.1 Å². The molecule has 92 valence electrons. The molecule has 1 unspecified atom stereocenters. The van der Waals surface area contributed by atoms with Crippen LogP contribution in [-0.2, 0) is 11.8 Å². The maximum Gasteiger partial charge on any atom is 0.126 e. The van der Waals surface area contributed by atoms with Crippen molar-refractivity contribution in [1.82, 2.24) is 5.32 Å². The number of halogens is 1. The summed E-state index contributed by atoms with van der Waals surface area (Å²) in [6.45, 7) is 7.98. The minimum atomic E-state index is -0.0297. The molecular weight excluding hydrogens is 213 g/mol. The fourth-order valence-corrected chi connectivity index (χ4v) is 3.75. The summed E-state index contributed by atoms with van der Waals surface area (Å²) in [5.74, 6) is -0.0297. The molecule has 1 aliphatic heterocycles. The number of piperidine rings is 1. The molecule has 2 bridgehead atoms. The van der Waals surface area contributed by atoms with Crippen LogP contribution in [0.25, 0.3) is 0 Å². The molecule has 0 spiro atoms. The predicted octanol–water partition coefficient (Wildman–Crippen LogP) is 3.03. The second-order valence-corrected chi connectivity index (χ2v) is 6.28. The summed E-state index contributed by atoms with van der Waals surface area (Å²) >= 11 is 0. The van der Waals surface area contributed by atoms with E-state index in [1.54, 1.807) is 6.07 Å². The van der Waals surface area contributed by atoms with Gasteiger partial charge in [-0.05, 0) is 42.0 Å². The topological polar surface area (TPSA) is 12.0 Å². The van der Waals surface area contributed by atoms with Gasteiger partial charge in [0.1, 0.15) is 5.82 Å². The molecule has 0 amide bonds. The third kappa shape index (κ3) is 1.28. The second-order valence-electron chi connectivity index (χ2n) is 6.28. The lowest BCUT2D eigenvalue weighted by Gasteiger charge is -2.57. The third-order valence-corrected chi connectivity index (χ3v) is 5.43. The Morgan fingerprint density at radius 2 is 2.06 bits per heavy atom. The molecule has 0 saturated carbocycles. The van der Waals surface area contributed by atoms with Crippen molar-refractivity contribution in [3.63, 3.8) is 0 Å². The Labute approximate surface area is 102 Å². The van der Waals surface area contributed by atoms with Crippen molar-refractivity contribution in [2.24, 2.45) is 5.41 Å². The lowest BCUT2D eigenvalue weighted by molar-refractivity contribution is 0.0547. The van der Waals surface area contributed by atoms with Crippen LogP contribution in [0.15, 0.2) is 18.2 Å². The standard InChI is InChI=1S/C15H20FN/c1-14(2)13-9-10-11(5-4-6-12(10)16)15(14,3)7-8-17-13/h4-6,13,17H,7-9H2,1-3H3/t13-,15?/m1/s1. The van der Waals surface area contributed by atoms with Gasteiger partial charge in [0.15, 0.2) is 0 Å². The highest BCUT2D eigenvalue weighted by molar-refractivity contribution is 5.42. The van der Waals surface area contributed by atoms with Crippen molar-refractivity contribution in [3.05, 3.63) is 35.1 Å². The summed E-state index contributed by atoms with van der Waals surface area (Å²) in [5.41, 5.74) is 2.46. The molecule has 3 rings (SSSR count). The molecule has 1 aromatic rings. The first kappa shape index (κ1) is 11.2. The molecule has 1 aliphatic carbocycles. The van der Waals surface area contributed by atoms with Crippen LogP contribution >= 0.6 is 0 Å². The summed E-state index contributed by atoms with van der Waals surface area (Å²) in [4.78, 5) is 0. The van der Waals surface area contributed by atoms with Crippen LogP contribution in [0.3, 0.4) is 0 Å². The maximum atomic E-state index is 14.0. The average Bonchev–Trinajstić information content (AvgIpc) is 2.24.